The van der Waals surface area contributed by atoms with Gasteiger partial charge in [0.1, 0.15) is 35.8 Å². The monoisotopic (exact) mass is 468 g/mol. The largest absolute Gasteiger partial charge is 0.490 e. The fourth-order valence-corrected chi connectivity index (χ4v) is 4.04. The maximum Gasteiger partial charge on any atom is 0.338 e. The van der Waals surface area contributed by atoms with Crippen molar-refractivity contribution in [3.05, 3.63) is 70.1 Å². The Bertz CT molecular complexity index is 1110. The molecule has 1 unspecified atom stereocenters. The Morgan fingerprint density at radius 1 is 1.19 bits per heavy atom. The van der Waals surface area contributed by atoms with Crippen molar-refractivity contribution in [3.8, 4) is 0 Å². The number of esters is 1. The summed E-state index contributed by atoms with van der Waals surface area (Å²) in [5.74, 6) is -2.14. The minimum atomic E-state index is -2.10. The van der Waals surface area contributed by atoms with Crippen LogP contribution in [0.4, 0.5) is 14.5 Å². The third-order valence-corrected chi connectivity index (χ3v) is 5.44. The molecule has 1 aromatic heterocycles. The molecular weight excluding hydrogens is 450 g/mol. The second-order valence-electron chi connectivity index (χ2n) is 6.36. The Labute approximate surface area is 185 Å². The summed E-state index contributed by atoms with van der Waals surface area (Å²) in [5.41, 5.74) is 0.257. The standard InChI is InChI=1S/C21H19ClF2N2O4S/c1-3-5-13-14-10-17(16(24)11-15(14)23)26-31(28)20-9-12(8-19(22)25-20)21(27)30-7-6-29-18(13)4-2/h4-5,8-11,26H,3,6-7H2,1-2H3/b13-5-,18-4+. The number of nitrogens with one attached hydrogen (secondary N) is 1. The number of hydrogen-bond donors (Lipinski definition) is 1. The second-order valence-corrected chi connectivity index (χ2v) is 7.91. The summed E-state index contributed by atoms with van der Waals surface area (Å²) in [6.45, 7) is 3.46. The fourth-order valence-electron chi connectivity index (χ4n) is 2.90. The number of halogens is 3. The van der Waals surface area contributed by atoms with E-state index in [2.05, 4.69) is 9.71 Å². The van der Waals surface area contributed by atoms with Crippen LogP contribution in [0.15, 0.2) is 47.2 Å². The van der Waals surface area contributed by atoms with Gasteiger partial charge in [-0.15, -0.1) is 0 Å². The number of carbonyl (C=O) groups excluding carboxylic acids is 1. The molecule has 0 aliphatic carbocycles. The van der Waals surface area contributed by atoms with Crippen LogP contribution in [0.25, 0.3) is 5.57 Å². The molecule has 2 heterocycles. The number of benzene rings is 1. The first-order valence-electron chi connectivity index (χ1n) is 9.36. The van der Waals surface area contributed by atoms with Crippen molar-refractivity contribution < 1.29 is 27.3 Å². The molecule has 0 spiro atoms. The highest BCUT2D eigenvalue weighted by atomic mass is 35.5. The molecule has 6 nitrogen and oxygen atoms in total. The topological polar surface area (TPSA) is 77.5 Å². The molecule has 10 heteroatoms. The molecule has 0 fully saturated rings. The highest BCUT2D eigenvalue weighted by Gasteiger charge is 2.21. The lowest BCUT2D eigenvalue weighted by atomic mass is 10.0. The molecule has 0 radical (unpaired) electrons. The lowest BCUT2D eigenvalue weighted by molar-refractivity contribution is 0.0408. The Morgan fingerprint density at radius 2 is 1.94 bits per heavy atom. The Hall–Kier alpha value is -2.78. The van der Waals surface area contributed by atoms with Gasteiger partial charge in [-0.2, -0.15) is 0 Å². The van der Waals surface area contributed by atoms with E-state index in [1.54, 1.807) is 19.1 Å². The fraction of sp³-hybridized carbons (Fsp3) is 0.238. The summed E-state index contributed by atoms with van der Waals surface area (Å²) in [6, 6.07) is 4.40. The van der Waals surface area contributed by atoms with Crippen molar-refractivity contribution >= 4 is 39.8 Å². The van der Waals surface area contributed by atoms with E-state index in [-0.39, 0.29) is 40.2 Å². The van der Waals surface area contributed by atoms with E-state index in [1.165, 1.54) is 18.2 Å². The second kappa shape index (κ2) is 10.0. The first kappa shape index (κ1) is 22.9. The van der Waals surface area contributed by atoms with Crippen LogP contribution in [0.5, 0.6) is 0 Å². The number of ether oxygens (including phenoxy) is 2. The van der Waals surface area contributed by atoms with E-state index in [9.17, 15) is 17.8 Å². The molecule has 1 N–H and O–H groups in total. The summed E-state index contributed by atoms with van der Waals surface area (Å²) in [4.78, 5) is 16.2. The average Bonchev–Trinajstić information content (AvgIpc) is 2.73. The van der Waals surface area contributed by atoms with Gasteiger partial charge in [-0.05, 0) is 37.6 Å². The lowest BCUT2D eigenvalue weighted by Gasteiger charge is -2.16. The molecule has 0 saturated carbocycles. The average molecular weight is 469 g/mol. The number of nitrogens with zero attached hydrogens (tertiary/aromatic N) is 1. The van der Waals surface area contributed by atoms with Crippen molar-refractivity contribution in [1.29, 1.82) is 0 Å². The van der Waals surface area contributed by atoms with Crippen molar-refractivity contribution in [3.63, 3.8) is 0 Å². The number of carbonyl (C=O) groups is 1. The molecule has 1 atom stereocenters. The first-order valence-corrected chi connectivity index (χ1v) is 10.9. The van der Waals surface area contributed by atoms with E-state index < -0.39 is 28.6 Å². The van der Waals surface area contributed by atoms with Crippen LogP contribution in [0, 0.1) is 11.6 Å². The summed E-state index contributed by atoms with van der Waals surface area (Å²) in [5, 5.41) is -0.209. The van der Waals surface area contributed by atoms with E-state index in [0.717, 1.165) is 0 Å². The number of anilines is 1. The number of fused-ring (bicyclic) bond motifs is 4. The highest BCUT2D eigenvalue weighted by Crippen LogP contribution is 2.31. The maximum atomic E-state index is 14.7. The molecule has 2 aromatic rings. The summed E-state index contributed by atoms with van der Waals surface area (Å²) >= 11 is 5.94. The van der Waals surface area contributed by atoms with Gasteiger partial charge in [-0.1, -0.05) is 24.6 Å². The van der Waals surface area contributed by atoms with Crippen LogP contribution in [-0.2, 0) is 20.5 Å². The SMILES string of the molecule is C/C=C1/OCCOC(=O)c2cc(Cl)nc(c2)S(=O)Nc2cc(c(F)cc2F)/C1=C/CC. The number of cyclic esters (lactones) is 1. The smallest absolute Gasteiger partial charge is 0.338 e. The maximum absolute atomic E-state index is 14.7. The van der Waals surface area contributed by atoms with Gasteiger partial charge in [-0.25, -0.2) is 22.8 Å². The van der Waals surface area contributed by atoms with E-state index in [0.29, 0.717) is 23.8 Å². The molecular formula is C21H19ClF2N2O4S. The predicted molar refractivity (Wildman–Crippen MR) is 114 cm³/mol. The predicted octanol–water partition coefficient (Wildman–Crippen LogP) is 5.03. The quantitative estimate of drug-likeness (QED) is 0.469. The minimum Gasteiger partial charge on any atom is -0.490 e. The van der Waals surface area contributed by atoms with Gasteiger partial charge in [0.05, 0.1) is 11.3 Å². The zero-order chi connectivity index (χ0) is 22.5. The first-order chi connectivity index (χ1) is 14.8. The third kappa shape index (κ3) is 5.29. The van der Waals surface area contributed by atoms with Crippen molar-refractivity contribution in [1.82, 2.24) is 4.98 Å². The van der Waals surface area contributed by atoms with Crippen molar-refractivity contribution in [2.45, 2.75) is 25.3 Å². The third-order valence-electron chi connectivity index (χ3n) is 4.26. The molecule has 3 rings (SSSR count). The van der Waals surface area contributed by atoms with Gasteiger partial charge < -0.3 is 9.47 Å². The van der Waals surface area contributed by atoms with Gasteiger partial charge in [0.2, 0.25) is 0 Å². The van der Waals surface area contributed by atoms with Gasteiger partial charge >= 0.3 is 5.97 Å². The van der Waals surface area contributed by atoms with Crippen molar-refractivity contribution in [2.75, 3.05) is 17.9 Å². The van der Waals surface area contributed by atoms with Crippen LogP contribution >= 0.6 is 11.6 Å². The molecule has 1 aliphatic heterocycles. The van der Waals surface area contributed by atoms with Crippen LogP contribution in [0.3, 0.4) is 0 Å². The Morgan fingerprint density at radius 3 is 2.65 bits per heavy atom. The summed E-state index contributed by atoms with van der Waals surface area (Å²) in [7, 11) is -2.10. The molecule has 164 valence electrons. The Kier molecular flexibility index (Phi) is 7.40. The minimum absolute atomic E-state index is 0.00199. The summed E-state index contributed by atoms with van der Waals surface area (Å²) < 4.78 is 55.3. The zero-order valence-corrected chi connectivity index (χ0v) is 18.3. The van der Waals surface area contributed by atoms with Gasteiger partial charge in [-0.3, -0.25) is 4.72 Å². The van der Waals surface area contributed by atoms with Crippen LogP contribution in [0.2, 0.25) is 5.15 Å². The molecule has 1 aromatic carbocycles. The van der Waals surface area contributed by atoms with E-state index in [1.807, 2.05) is 6.92 Å². The van der Waals surface area contributed by atoms with Crippen LogP contribution < -0.4 is 4.72 Å². The molecule has 31 heavy (non-hydrogen) atoms. The van der Waals surface area contributed by atoms with Gasteiger partial charge in [0, 0.05) is 17.2 Å². The number of aromatic nitrogens is 1. The van der Waals surface area contributed by atoms with Crippen molar-refractivity contribution in [2.24, 2.45) is 0 Å². The van der Waals surface area contributed by atoms with E-state index in [4.69, 9.17) is 21.1 Å². The Balaban J connectivity index is 2.16. The number of hydrogen-bond acceptors (Lipinski definition) is 5. The van der Waals surface area contributed by atoms with Gasteiger partial charge in [0.15, 0.2) is 16.0 Å². The normalized spacial score (nSPS) is 19.8. The summed E-state index contributed by atoms with van der Waals surface area (Å²) in [6.07, 6.45) is 3.90. The molecule has 0 saturated heterocycles. The van der Waals surface area contributed by atoms with Crippen LogP contribution in [-0.4, -0.2) is 28.4 Å². The van der Waals surface area contributed by atoms with Crippen LogP contribution in [0.1, 0.15) is 36.2 Å². The number of pyridine rings is 1. The lowest BCUT2D eigenvalue weighted by Crippen LogP contribution is -2.13. The molecule has 0 amide bonds. The highest BCUT2D eigenvalue weighted by molar-refractivity contribution is 7.86. The van der Waals surface area contributed by atoms with Gasteiger partial charge in [0.25, 0.3) is 0 Å². The number of rotatable bonds is 1. The zero-order valence-electron chi connectivity index (χ0n) is 16.7. The molecule has 1 aliphatic rings. The van der Waals surface area contributed by atoms with E-state index >= 15 is 0 Å². The number of allylic oxidation sites excluding steroid dienone is 3. The molecule has 4 bridgehead atoms.